The number of nitrogens with zero attached hydrogens (tertiary/aromatic N) is 3. The van der Waals surface area contributed by atoms with E-state index in [2.05, 4.69) is 10.3 Å². The number of benzene rings is 1. The third-order valence-corrected chi connectivity index (χ3v) is 2.07. The van der Waals surface area contributed by atoms with Gasteiger partial charge >= 0.3 is 0 Å². The van der Waals surface area contributed by atoms with Crippen molar-refractivity contribution in [2.45, 2.75) is 6.43 Å². The van der Waals surface area contributed by atoms with Gasteiger partial charge in [-0.2, -0.15) is 0 Å². The van der Waals surface area contributed by atoms with Gasteiger partial charge in [-0.3, -0.25) is 0 Å². The summed E-state index contributed by atoms with van der Waals surface area (Å²) in [6, 6.07) is 6.86. The fourth-order valence-electron chi connectivity index (χ4n) is 1.24. The molecule has 84 valence electrons. The lowest BCUT2D eigenvalue weighted by atomic mass is 10.3. The number of alkyl halides is 2. The van der Waals surface area contributed by atoms with E-state index < -0.39 is 6.43 Å². The van der Waals surface area contributed by atoms with Crippen molar-refractivity contribution in [1.29, 1.82) is 0 Å². The fourth-order valence-corrected chi connectivity index (χ4v) is 1.24. The van der Waals surface area contributed by atoms with Crippen molar-refractivity contribution in [2.24, 2.45) is 0 Å². The molecule has 0 saturated heterocycles. The molecule has 6 heteroatoms. The van der Waals surface area contributed by atoms with Gasteiger partial charge in [0.1, 0.15) is 11.4 Å². The molecule has 0 aliphatic heterocycles. The first kappa shape index (κ1) is 10.5. The average molecular weight is 225 g/mol. The maximum Gasteiger partial charge on any atom is 0.283 e. The summed E-state index contributed by atoms with van der Waals surface area (Å²) in [7, 11) is 1.55. The van der Waals surface area contributed by atoms with Crippen LogP contribution in [0.3, 0.4) is 0 Å². The molecule has 0 atom stereocenters. The van der Waals surface area contributed by atoms with E-state index in [4.69, 9.17) is 4.74 Å². The highest BCUT2D eigenvalue weighted by Crippen LogP contribution is 2.18. The molecule has 0 amide bonds. The molecule has 0 fully saturated rings. The molecular weight excluding hydrogens is 216 g/mol. The van der Waals surface area contributed by atoms with Crippen LogP contribution >= 0.6 is 0 Å². The third-order valence-electron chi connectivity index (χ3n) is 2.07. The Balaban J connectivity index is 2.28. The summed E-state index contributed by atoms with van der Waals surface area (Å²) in [5, 5.41) is 6.98. The van der Waals surface area contributed by atoms with Crippen LogP contribution < -0.4 is 4.74 Å². The van der Waals surface area contributed by atoms with Gasteiger partial charge < -0.3 is 4.74 Å². The van der Waals surface area contributed by atoms with E-state index in [0.29, 0.717) is 11.4 Å². The second kappa shape index (κ2) is 4.26. The molecule has 4 nitrogen and oxygen atoms in total. The van der Waals surface area contributed by atoms with Crippen LogP contribution in [-0.2, 0) is 0 Å². The van der Waals surface area contributed by atoms with Crippen molar-refractivity contribution in [3.63, 3.8) is 0 Å². The molecule has 1 heterocycles. The van der Waals surface area contributed by atoms with E-state index in [9.17, 15) is 8.78 Å². The smallest absolute Gasteiger partial charge is 0.283 e. The first-order valence-electron chi connectivity index (χ1n) is 4.55. The average Bonchev–Trinajstić information content (AvgIpc) is 2.78. The predicted molar refractivity (Wildman–Crippen MR) is 52.9 cm³/mol. The van der Waals surface area contributed by atoms with Gasteiger partial charge in [-0.1, -0.05) is 5.21 Å². The zero-order valence-corrected chi connectivity index (χ0v) is 8.47. The Hall–Kier alpha value is -1.98. The van der Waals surface area contributed by atoms with E-state index in [-0.39, 0.29) is 5.69 Å². The SMILES string of the molecule is COc1ccc(-n2cc(C(F)F)nn2)cc1. The van der Waals surface area contributed by atoms with Gasteiger partial charge in [-0.25, -0.2) is 13.5 Å². The standard InChI is InChI=1S/C10H9F2N3O/c1-16-8-4-2-7(3-5-8)15-6-9(10(11)12)13-14-15/h2-6,10H,1H3. The maximum atomic E-state index is 12.3. The molecule has 1 aromatic carbocycles. The highest BCUT2D eigenvalue weighted by atomic mass is 19.3. The molecular formula is C10H9F2N3O. The lowest BCUT2D eigenvalue weighted by molar-refractivity contribution is 0.146. The molecule has 0 aliphatic carbocycles. The van der Waals surface area contributed by atoms with Gasteiger partial charge in [0.2, 0.25) is 0 Å². The summed E-state index contributed by atoms with van der Waals surface area (Å²) in [6.07, 6.45) is -1.40. The van der Waals surface area contributed by atoms with E-state index >= 15 is 0 Å². The second-order valence-corrected chi connectivity index (χ2v) is 3.09. The highest BCUT2D eigenvalue weighted by Gasteiger charge is 2.12. The first-order chi connectivity index (χ1) is 7.70. The van der Waals surface area contributed by atoms with Crippen LogP contribution in [0.4, 0.5) is 8.78 Å². The summed E-state index contributed by atoms with van der Waals surface area (Å²) in [5.74, 6) is 0.693. The van der Waals surface area contributed by atoms with Crippen LogP contribution in [0.15, 0.2) is 30.5 Å². The van der Waals surface area contributed by atoms with E-state index in [1.54, 1.807) is 31.4 Å². The van der Waals surface area contributed by atoms with Crippen molar-refractivity contribution in [3.8, 4) is 11.4 Å². The van der Waals surface area contributed by atoms with E-state index in [1.807, 2.05) is 0 Å². The number of rotatable bonds is 3. The number of ether oxygens (including phenoxy) is 1. The fraction of sp³-hybridized carbons (Fsp3) is 0.200. The van der Waals surface area contributed by atoms with Crippen LogP contribution in [0.25, 0.3) is 5.69 Å². The van der Waals surface area contributed by atoms with Crippen LogP contribution in [0.2, 0.25) is 0 Å². The van der Waals surface area contributed by atoms with Gasteiger partial charge in [-0.15, -0.1) is 5.10 Å². The van der Waals surface area contributed by atoms with Gasteiger partial charge in [0.05, 0.1) is 19.0 Å². The van der Waals surface area contributed by atoms with Gasteiger partial charge in [0.25, 0.3) is 6.43 Å². The Kier molecular flexibility index (Phi) is 2.80. The van der Waals surface area contributed by atoms with Gasteiger partial charge in [-0.05, 0) is 24.3 Å². The number of aromatic nitrogens is 3. The Morgan fingerprint density at radius 2 is 1.94 bits per heavy atom. The van der Waals surface area contributed by atoms with E-state index in [1.165, 1.54) is 10.9 Å². The summed E-state index contributed by atoms with van der Waals surface area (Å²) < 4.78 is 30.8. The second-order valence-electron chi connectivity index (χ2n) is 3.09. The van der Waals surface area contributed by atoms with Crippen LogP contribution in [0.1, 0.15) is 12.1 Å². The maximum absolute atomic E-state index is 12.3. The Bertz CT molecular complexity index is 467. The Labute approximate surface area is 90.5 Å². The lowest BCUT2D eigenvalue weighted by Gasteiger charge is -2.01. The molecule has 0 N–H and O–H groups in total. The third kappa shape index (κ3) is 2.00. The molecule has 0 spiro atoms. The van der Waals surface area contributed by atoms with Crippen LogP contribution in [0, 0.1) is 0 Å². The highest BCUT2D eigenvalue weighted by molar-refractivity contribution is 5.36. The first-order valence-corrected chi connectivity index (χ1v) is 4.55. The van der Waals surface area contributed by atoms with Crippen LogP contribution in [-0.4, -0.2) is 22.1 Å². The molecule has 0 unspecified atom stereocenters. The minimum atomic E-state index is -2.60. The predicted octanol–water partition coefficient (Wildman–Crippen LogP) is 2.21. The van der Waals surface area contributed by atoms with Gasteiger partial charge in [0, 0.05) is 0 Å². The number of methoxy groups -OCH3 is 1. The normalized spacial score (nSPS) is 10.8. The van der Waals surface area contributed by atoms with Crippen molar-refractivity contribution < 1.29 is 13.5 Å². The number of hydrogen-bond acceptors (Lipinski definition) is 3. The molecule has 0 radical (unpaired) electrons. The minimum absolute atomic E-state index is 0.337. The van der Waals surface area contributed by atoms with Crippen LogP contribution in [0.5, 0.6) is 5.75 Å². The Morgan fingerprint density at radius 1 is 1.25 bits per heavy atom. The summed E-state index contributed by atoms with van der Waals surface area (Å²) in [5.41, 5.74) is 0.316. The van der Waals surface area contributed by atoms with Gasteiger partial charge in [0.15, 0.2) is 0 Å². The summed E-state index contributed by atoms with van der Waals surface area (Å²) >= 11 is 0. The van der Waals surface area contributed by atoms with Crippen molar-refractivity contribution in [2.75, 3.05) is 7.11 Å². The summed E-state index contributed by atoms with van der Waals surface area (Å²) in [4.78, 5) is 0. The largest absolute Gasteiger partial charge is 0.497 e. The quantitative estimate of drug-likeness (QED) is 0.804. The lowest BCUT2D eigenvalue weighted by Crippen LogP contribution is -1.94. The minimum Gasteiger partial charge on any atom is -0.497 e. The molecule has 1 aromatic heterocycles. The van der Waals surface area contributed by atoms with E-state index in [0.717, 1.165) is 0 Å². The molecule has 0 saturated carbocycles. The molecule has 2 aromatic rings. The topological polar surface area (TPSA) is 39.9 Å². The number of hydrogen-bond donors (Lipinski definition) is 0. The molecule has 2 rings (SSSR count). The molecule has 16 heavy (non-hydrogen) atoms. The van der Waals surface area contributed by atoms with Crippen molar-refractivity contribution in [3.05, 3.63) is 36.2 Å². The zero-order valence-electron chi connectivity index (χ0n) is 8.47. The van der Waals surface area contributed by atoms with Crippen molar-refractivity contribution >= 4 is 0 Å². The summed E-state index contributed by atoms with van der Waals surface area (Å²) in [6.45, 7) is 0. The number of halogens is 2. The molecule has 0 bridgehead atoms. The molecule has 0 aliphatic rings. The zero-order chi connectivity index (χ0) is 11.5. The Morgan fingerprint density at radius 3 is 2.44 bits per heavy atom. The monoisotopic (exact) mass is 225 g/mol. The van der Waals surface area contributed by atoms with Crippen molar-refractivity contribution in [1.82, 2.24) is 15.0 Å².